The Labute approximate surface area is 112 Å². The molecule has 1 amide bonds. The van der Waals surface area contributed by atoms with Crippen LogP contribution in [0.3, 0.4) is 0 Å². The molecule has 0 aliphatic carbocycles. The standard InChI is InChI=1S/C12H16N2O4S/c13-19(16,17)11-3-1-2-9(8-11)12(15)14-10-4-6-18-7-5-10/h1-3,8,10H,4-7H2,(H,14,15)(H2,13,16,17). The molecule has 0 atom stereocenters. The molecule has 1 aliphatic heterocycles. The molecule has 19 heavy (non-hydrogen) atoms. The number of primary sulfonamides is 1. The van der Waals surface area contributed by atoms with Gasteiger partial charge in [-0.15, -0.1) is 0 Å². The maximum absolute atomic E-state index is 12.0. The van der Waals surface area contributed by atoms with Gasteiger partial charge in [-0.25, -0.2) is 13.6 Å². The topological polar surface area (TPSA) is 98.5 Å². The minimum absolute atomic E-state index is 0.0628. The van der Waals surface area contributed by atoms with E-state index in [1.165, 1.54) is 18.2 Å². The van der Waals surface area contributed by atoms with E-state index in [0.29, 0.717) is 13.2 Å². The summed E-state index contributed by atoms with van der Waals surface area (Å²) in [5.41, 5.74) is 0.290. The molecular formula is C12H16N2O4S. The molecular weight excluding hydrogens is 268 g/mol. The van der Waals surface area contributed by atoms with Gasteiger partial charge in [0.05, 0.1) is 4.90 Å². The highest BCUT2D eigenvalue weighted by atomic mass is 32.2. The molecule has 0 saturated carbocycles. The third-order valence-electron chi connectivity index (χ3n) is 2.98. The molecule has 0 radical (unpaired) electrons. The molecule has 0 unspecified atom stereocenters. The van der Waals surface area contributed by atoms with Gasteiger partial charge in [0.2, 0.25) is 10.0 Å². The summed E-state index contributed by atoms with van der Waals surface area (Å²) < 4.78 is 27.7. The first kappa shape index (κ1) is 14.0. The Morgan fingerprint density at radius 3 is 2.63 bits per heavy atom. The summed E-state index contributed by atoms with van der Waals surface area (Å²) in [5, 5.41) is 7.89. The van der Waals surface area contributed by atoms with Crippen molar-refractivity contribution < 1.29 is 17.9 Å². The van der Waals surface area contributed by atoms with Crippen LogP contribution in [0.4, 0.5) is 0 Å². The molecule has 1 heterocycles. The van der Waals surface area contributed by atoms with Gasteiger partial charge in [-0.2, -0.15) is 0 Å². The van der Waals surface area contributed by atoms with Crippen molar-refractivity contribution in [3.8, 4) is 0 Å². The first-order chi connectivity index (χ1) is 8.97. The van der Waals surface area contributed by atoms with Crippen LogP contribution in [0.1, 0.15) is 23.2 Å². The van der Waals surface area contributed by atoms with Crippen LogP contribution in [-0.4, -0.2) is 33.6 Å². The molecule has 1 aromatic carbocycles. The number of nitrogens with two attached hydrogens (primary N) is 1. The SMILES string of the molecule is NS(=O)(=O)c1cccc(C(=O)NC2CCOCC2)c1. The number of ether oxygens (including phenoxy) is 1. The second-order valence-electron chi connectivity index (χ2n) is 4.43. The molecule has 6 nitrogen and oxygen atoms in total. The Balaban J connectivity index is 2.10. The average Bonchev–Trinajstić information content (AvgIpc) is 2.39. The Hall–Kier alpha value is -1.44. The molecule has 1 aliphatic rings. The zero-order valence-electron chi connectivity index (χ0n) is 10.3. The number of carbonyl (C=O) groups excluding carboxylic acids is 1. The fourth-order valence-electron chi connectivity index (χ4n) is 1.92. The van der Waals surface area contributed by atoms with Crippen LogP contribution in [0, 0.1) is 0 Å². The second kappa shape index (κ2) is 5.68. The first-order valence-corrected chi connectivity index (χ1v) is 7.53. The molecule has 3 N–H and O–H groups in total. The smallest absolute Gasteiger partial charge is 0.251 e. The normalized spacial score (nSPS) is 17.1. The van der Waals surface area contributed by atoms with E-state index in [2.05, 4.69) is 5.32 Å². The highest BCUT2D eigenvalue weighted by Gasteiger charge is 2.18. The third kappa shape index (κ3) is 3.76. The largest absolute Gasteiger partial charge is 0.381 e. The molecule has 2 rings (SSSR count). The van der Waals surface area contributed by atoms with Gasteiger partial charge in [0.15, 0.2) is 0 Å². The van der Waals surface area contributed by atoms with Crippen LogP contribution in [0.2, 0.25) is 0 Å². The van der Waals surface area contributed by atoms with Gasteiger partial charge in [0, 0.05) is 24.8 Å². The summed E-state index contributed by atoms with van der Waals surface area (Å²) in [6.45, 7) is 1.25. The minimum atomic E-state index is -3.79. The van der Waals surface area contributed by atoms with Crippen molar-refractivity contribution in [3.63, 3.8) is 0 Å². The van der Waals surface area contributed by atoms with Crippen LogP contribution in [-0.2, 0) is 14.8 Å². The summed E-state index contributed by atoms with van der Waals surface area (Å²) in [4.78, 5) is 11.9. The van der Waals surface area contributed by atoms with Crippen LogP contribution in [0.15, 0.2) is 29.2 Å². The minimum Gasteiger partial charge on any atom is -0.381 e. The molecule has 0 bridgehead atoms. The number of hydrogen-bond donors (Lipinski definition) is 2. The molecule has 1 fully saturated rings. The number of sulfonamides is 1. The maximum Gasteiger partial charge on any atom is 0.251 e. The number of amides is 1. The lowest BCUT2D eigenvalue weighted by Gasteiger charge is -2.23. The number of benzene rings is 1. The number of carbonyl (C=O) groups is 1. The van der Waals surface area contributed by atoms with Crippen LogP contribution < -0.4 is 10.5 Å². The van der Waals surface area contributed by atoms with Crippen molar-refractivity contribution >= 4 is 15.9 Å². The van der Waals surface area contributed by atoms with E-state index in [1.54, 1.807) is 6.07 Å². The van der Waals surface area contributed by atoms with Gasteiger partial charge < -0.3 is 10.1 Å². The molecule has 0 spiro atoms. The summed E-state index contributed by atoms with van der Waals surface area (Å²) in [7, 11) is -3.79. The molecule has 7 heteroatoms. The van der Waals surface area contributed by atoms with E-state index in [-0.39, 0.29) is 22.4 Å². The van der Waals surface area contributed by atoms with Gasteiger partial charge >= 0.3 is 0 Å². The van der Waals surface area contributed by atoms with Crippen LogP contribution in [0.5, 0.6) is 0 Å². The predicted octanol–water partition coefficient (Wildman–Crippen LogP) is 0.243. The van der Waals surface area contributed by atoms with Crippen molar-refractivity contribution in [3.05, 3.63) is 29.8 Å². The van der Waals surface area contributed by atoms with Gasteiger partial charge in [0.25, 0.3) is 5.91 Å². The van der Waals surface area contributed by atoms with Crippen LogP contribution in [0.25, 0.3) is 0 Å². The van der Waals surface area contributed by atoms with E-state index in [1.807, 2.05) is 0 Å². The zero-order valence-corrected chi connectivity index (χ0v) is 11.2. The fourth-order valence-corrected chi connectivity index (χ4v) is 2.48. The summed E-state index contributed by atoms with van der Waals surface area (Å²) in [6.07, 6.45) is 1.53. The van der Waals surface area contributed by atoms with Crippen molar-refractivity contribution in [1.29, 1.82) is 0 Å². The van der Waals surface area contributed by atoms with E-state index < -0.39 is 10.0 Å². The monoisotopic (exact) mass is 284 g/mol. The van der Waals surface area contributed by atoms with Gasteiger partial charge in [-0.1, -0.05) is 6.07 Å². The summed E-state index contributed by atoms with van der Waals surface area (Å²) in [5.74, 6) is -0.294. The average molecular weight is 284 g/mol. The lowest BCUT2D eigenvalue weighted by atomic mass is 10.1. The number of hydrogen-bond acceptors (Lipinski definition) is 4. The van der Waals surface area contributed by atoms with E-state index >= 15 is 0 Å². The Bertz CT molecular complexity index is 565. The van der Waals surface area contributed by atoms with Crippen LogP contribution >= 0.6 is 0 Å². The Morgan fingerprint density at radius 1 is 1.32 bits per heavy atom. The molecule has 104 valence electrons. The quantitative estimate of drug-likeness (QED) is 0.830. The highest BCUT2D eigenvalue weighted by molar-refractivity contribution is 7.89. The summed E-state index contributed by atoms with van der Waals surface area (Å²) in [6, 6.07) is 5.77. The van der Waals surface area contributed by atoms with Crippen molar-refractivity contribution in [2.45, 2.75) is 23.8 Å². The third-order valence-corrected chi connectivity index (χ3v) is 3.89. The van der Waals surface area contributed by atoms with Gasteiger partial charge in [-0.3, -0.25) is 4.79 Å². The summed E-state index contributed by atoms with van der Waals surface area (Å²) >= 11 is 0. The van der Waals surface area contributed by atoms with E-state index in [0.717, 1.165) is 12.8 Å². The lowest BCUT2D eigenvalue weighted by molar-refractivity contribution is 0.0696. The number of rotatable bonds is 3. The molecule has 1 saturated heterocycles. The van der Waals surface area contributed by atoms with Crippen molar-refractivity contribution in [1.82, 2.24) is 5.32 Å². The Kier molecular flexibility index (Phi) is 4.18. The first-order valence-electron chi connectivity index (χ1n) is 5.98. The fraction of sp³-hybridized carbons (Fsp3) is 0.417. The lowest BCUT2D eigenvalue weighted by Crippen LogP contribution is -2.38. The van der Waals surface area contributed by atoms with Crippen molar-refractivity contribution in [2.24, 2.45) is 5.14 Å². The van der Waals surface area contributed by atoms with E-state index in [4.69, 9.17) is 9.88 Å². The molecule has 0 aromatic heterocycles. The molecule has 1 aromatic rings. The number of nitrogens with one attached hydrogen (secondary N) is 1. The van der Waals surface area contributed by atoms with Gasteiger partial charge in [-0.05, 0) is 31.0 Å². The zero-order chi connectivity index (χ0) is 13.9. The van der Waals surface area contributed by atoms with E-state index in [9.17, 15) is 13.2 Å². The highest BCUT2D eigenvalue weighted by Crippen LogP contribution is 2.12. The van der Waals surface area contributed by atoms with Gasteiger partial charge in [0.1, 0.15) is 0 Å². The van der Waals surface area contributed by atoms with Crippen molar-refractivity contribution in [2.75, 3.05) is 13.2 Å². The Morgan fingerprint density at radius 2 is 2.00 bits per heavy atom. The maximum atomic E-state index is 12.0. The predicted molar refractivity (Wildman–Crippen MR) is 69.1 cm³/mol. The second-order valence-corrected chi connectivity index (χ2v) is 5.99.